The lowest BCUT2D eigenvalue weighted by Crippen LogP contribution is -1.99. The van der Waals surface area contributed by atoms with Crippen LogP contribution in [0.25, 0.3) is 44.9 Å². The van der Waals surface area contributed by atoms with Crippen LogP contribution >= 0.6 is 0 Å². The lowest BCUT2D eigenvalue weighted by molar-refractivity contribution is 0.415. The van der Waals surface area contributed by atoms with Gasteiger partial charge >= 0.3 is 0 Å². The number of imidazole rings is 1. The summed E-state index contributed by atoms with van der Waals surface area (Å²) < 4.78 is 7.00. The van der Waals surface area contributed by atoms with E-state index in [1.807, 2.05) is 55.6 Å². The van der Waals surface area contributed by atoms with Crippen molar-refractivity contribution in [2.75, 3.05) is 7.11 Å². The monoisotopic (exact) mass is 437 g/mol. The number of ether oxygens (including phenoxy) is 1. The second-order valence-electron chi connectivity index (χ2n) is 8.31. The third-order valence-electron chi connectivity index (χ3n) is 6.24. The molecule has 0 bridgehead atoms. The third kappa shape index (κ3) is 3.25. The van der Waals surface area contributed by atoms with E-state index >= 15 is 0 Å². The van der Waals surface area contributed by atoms with Crippen molar-refractivity contribution in [1.29, 1.82) is 0 Å². The number of nitrogens with zero attached hydrogens (tertiary/aromatic N) is 3. The summed E-state index contributed by atoms with van der Waals surface area (Å²) in [5, 5.41) is 19.0. The lowest BCUT2D eigenvalue weighted by Gasteiger charge is -2.06. The number of fused-ring (bicyclic) bond motifs is 2. The van der Waals surface area contributed by atoms with Crippen LogP contribution in [0.4, 0.5) is 0 Å². The fourth-order valence-corrected chi connectivity index (χ4v) is 4.51. The summed E-state index contributed by atoms with van der Waals surface area (Å²) in [6.07, 6.45) is 0. The van der Waals surface area contributed by atoms with E-state index in [1.54, 1.807) is 11.8 Å². The summed E-state index contributed by atoms with van der Waals surface area (Å²) >= 11 is 0. The van der Waals surface area contributed by atoms with Crippen LogP contribution in [0.1, 0.15) is 11.1 Å². The number of nitrogens with one attached hydrogen (secondary N) is 2. The minimum absolute atomic E-state index is 0.111. The predicted molar refractivity (Wildman–Crippen MR) is 128 cm³/mol. The average Bonchev–Trinajstić information content (AvgIpc) is 3.53. The minimum atomic E-state index is 0.111. The molecule has 7 heteroatoms. The van der Waals surface area contributed by atoms with E-state index in [-0.39, 0.29) is 5.75 Å². The zero-order valence-corrected chi connectivity index (χ0v) is 18.4. The molecule has 3 aromatic carbocycles. The van der Waals surface area contributed by atoms with Gasteiger partial charge in [-0.15, -0.1) is 0 Å². The quantitative estimate of drug-likeness (QED) is 0.382. The molecule has 0 radical (unpaired) electrons. The number of hydrogen-bond acceptors (Lipinski definition) is 5. The number of H-pyrrole nitrogens is 1. The van der Waals surface area contributed by atoms with Gasteiger partial charge in [0.15, 0.2) is 11.6 Å². The van der Waals surface area contributed by atoms with Crippen molar-refractivity contribution in [3.05, 3.63) is 71.8 Å². The smallest absolute Gasteiger partial charge is 0.173 e. The molecule has 0 amide bonds. The van der Waals surface area contributed by atoms with Crippen LogP contribution in [-0.2, 0) is 20.1 Å². The molecule has 0 unspecified atom stereocenters. The topological polar surface area (TPSA) is 88.0 Å². The summed E-state index contributed by atoms with van der Waals surface area (Å²) in [4.78, 5) is 8.10. The number of rotatable bonds is 4. The van der Waals surface area contributed by atoms with Gasteiger partial charge in [0, 0.05) is 25.7 Å². The second kappa shape index (κ2) is 7.50. The Morgan fingerprint density at radius 2 is 1.70 bits per heavy atom. The Kier molecular flexibility index (Phi) is 4.45. The lowest BCUT2D eigenvalue weighted by atomic mass is 10.0. The number of aromatic amines is 1. The minimum Gasteiger partial charge on any atom is -0.504 e. The molecule has 0 saturated heterocycles. The molecule has 0 saturated carbocycles. The van der Waals surface area contributed by atoms with E-state index in [0.717, 1.165) is 46.6 Å². The fraction of sp³-hybridized carbons (Fsp3) is 0.154. The Morgan fingerprint density at radius 1 is 0.939 bits per heavy atom. The zero-order valence-electron chi connectivity index (χ0n) is 18.4. The summed E-state index contributed by atoms with van der Waals surface area (Å²) in [5.74, 6) is 1.53. The largest absolute Gasteiger partial charge is 0.504 e. The molecule has 0 fully saturated rings. The van der Waals surface area contributed by atoms with E-state index in [9.17, 15) is 5.11 Å². The number of hydrogen-bond donors (Lipinski definition) is 3. The van der Waals surface area contributed by atoms with Gasteiger partial charge in [-0.05, 0) is 46.5 Å². The highest BCUT2D eigenvalue weighted by atomic mass is 16.5. The number of aromatic nitrogens is 4. The van der Waals surface area contributed by atoms with Crippen LogP contribution < -0.4 is 10.1 Å². The van der Waals surface area contributed by atoms with Gasteiger partial charge < -0.3 is 20.1 Å². The normalized spacial score (nSPS) is 12.9. The maximum absolute atomic E-state index is 11.1. The van der Waals surface area contributed by atoms with Gasteiger partial charge in [0.1, 0.15) is 17.1 Å². The molecule has 0 aliphatic carbocycles. The molecule has 6 rings (SSSR count). The molecule has 1 aliphatic heterocycles. The Hall–Kier alpha value is -4.10. The van der Waals surface area contributed by atoms with Crippen LogP contribution in [0.2, 0.25) is 0 Å². The molecule has 164 valence electrons. The van der Waals surface area contributed by atoms with E-state index in [4.69, 9.17) is 9.72 Å². The molecular weight excluding hydrogens is 414 g/mol. The first kappa shape index (κ1) is 19.6. The van der Waals surface area contributed by atoms with Crippen molar-refractivity contribution >= 4 is 11.0 Å². The first-order valence-corrected chi connectivity index (χ1v) is 10.8. The maximum atomic E-state index is 11.1. The van der Waals surface area contributed by atoms with Crippen LogP contribution in [-0.4, -0.2) is 32.0 Å². The van der Waals surface area contributed by atoms with E-state index in [1.165, 1.54) is 11.1 Å². The molecule has 1 aliphatic rings. The first-order chi connectivity index (χ1) is 16.1. The standard InChI is InChI=1S/C26H23N5O2/c1-31-24(26-28-21-11-18-13-27-14-19(18)12-22(21)29-26)25(32)23(30-31)16-8-6-15(7-9-16)17-4-3-5-20(10-17)33-2/h3-12,27,32H,13-14H2,1-2H3,(H,28,29). The van der Waals surface area contributed by atoms with E-state index in [2.05, 4.69) is 27.5 Å². The summed E-state index contributed by atoms with van der Waals surface area (Å²) in [6, 6.07) is 20.2. The summed E-state index contributed by atoms with van der Waals surface area (Å²) in [6.45, 7) is 1.73. The predicted octanol–water partition coefficient (Wildman–Crippen LogP) is 4.61. The number of benzene rings is 3. The zero-order chi connectivity index (χ0) is 22.5. The molecule has 5 aromatic rings. The van der Waals surface area contributed by atoms with Crippen molar-refractivity contribution in [3.8, 4) is 45.4 Å². The van der Waals surface area contributed by atoms with E-state index in [0.29, 0.717) is 17.2 Å². The Balaban J connectivity index is 1.36. The van der Waals surface area contributed by atoms with Gasteiger partial charge in [0.05, 0.1) is 18.1 Å². The number of methoxy groups -OCH3 is 1. The third-order valence-corrected chi connectivity index (χ3v) is 6.24. The molecule has 0 spiro atoms. The highest BCUT2D eigenvalue weighted by Gasteiger charge is 2.22. The number of aromatic hydroxyl groups is 1. The van der Waals surface area contributed by atoms with Crippen molar-refractivity contribution in [1.82, 2.24) is 25.1 Å². The van der Waals surface area contributed by atoms with Crippen LogP contribution in [0.3, 0.4) is 0 Å². The van der Waals surface area contributed by atoms with Gasteiger partial charge in [-0.3, -0.25) is 4.68 Å². The van der Waals surface area contributed by atoms with Crippen molar-refractivity contribution in [2.45, 2.75) is 13.1 Å². The summed E-state index contributed by atoms with van der Waals surface area (Å²) in [7, 11) is 3.48. The Bertz CT molecular complexity index is 1460. The maximum Gasteiger partial charge on any atom is 0.173 e. The van der Waals surface area contributed by atoms with Crippen molar-refractivity contribution in [2.24, 2.45) is 7.05 Å². The number of aryl methyl sites for hydroxylation is 1. The van der Waals surface area contributed by atoms with Gasteiger partial charge in [-0.2, -0.15) is 5.10 Å². The van der Waals surface area contributed by atoms with Gasteiger partial charge in [-0.1, -0.05) is 36.4 Å². The second-order valence-corrected chi connectivity index (χ2v) is 8.31. The van der Waals surface area contributed by atoms with Gasteiger partial charge in [-0.25, -0.2) is 4.98 Å². The molecular formula is C26H23N5O2. The molecule has 0 atom stereocenters. The van der Waals surface area contributed by atoms with Crippen molar-refractivity contribution in [3.63, 3.8) is 0 Å². The molecule has 33 heavy (non-hydrogen) atoms. The Labute approximate surface area is 190 Å². The SMILES string of the molecule is COc1cccc(-c2ccc(-c3nn(C)c(-c4nc5cc6c(cc5[nH]4)CNC6)c3O)cc2)c1. The van der Waals surface area contributed by atoms with Crippen LogP contribution in [0, 0.1) is 0 Å². The first-order valence-electron chi connectivity index (χ1n) is 10.8. The fourth-order valence-electron chi connectivity index (χ4n) is 4.51. The average molecular weight is 438 g/mol. The van der Waals surface area contributed by atoms with Crippen LogP contribution in [0.15, 0.2) is 60.7 Å². The highest BCUT2D eigenvalue weighted by molar-refractivity contribution is 5.84. The summed E-state index contributed by atoms with van der Waals surface area (Å²) in [5.41, 5.74) is 8.45. The van der Waals surface area contributed by atoms with E-state index < -0.39 is 0 Å². The Morgan fingerprint density at radius 3 is 2.48 bits per heavy atom. The highest BCUT2D eigenvalue weighted by Crippen LogP contribution is 2.38. The molecule has 3 heterocycles. The van der Waals surface area contributed by atoms with Gasteiger partial charge in [0.25, 0.3) is 0 Å². The molecule has 3 N–H and O–H groups in total. The van der Waals surface area contributed by atoms with Crippen LogP contribution in [0.5, 0.6) is 11.5 Å². The van der Waals surface area contributed by atoms with Gasteiger partial charge in [0.2, 0.25) is 0 Å². The molecule has 7 nitrogen and oxygen atoms in total. The molecule has 2 aromatic heterocycles. The van der Waals surface area contributed by atoms with Crippen molar-refractivity contribution < 1.29 is 9.84 Å².